The van der Waals surface area contributed by atoms with Gasteiger partial charge in [-0.3, -0.25) is 0 Å². The summed E-state index contributed by atoms with van der Waals surface area (Å²) in [5.41, 5.74) is -0.870. The first-order chi connectivity index (χ1) is 13.6. The average Bonchev–Trinajstić information content (AvgIpc) is 2.69. The van der Waals surface area contributed by atoms with E-state index in [1.165, 1.54) is 24.5 Å². The molecule has 1 aliphatic rings. The van der Waals surface area contributed by atoms with Gasteiger partial charge in [0.1, 0.15) is 17.7 Å². The SMILES string of the molecule is COc1ncncc1CNc1ncc(C(F)(F)F)c(N(C)[C@@H]2C[C@H](O)C2(C)C)n1. The summed E-state index contributed by atoms with van der Waals surface area (Å²) < 4.78 is 45.7. The van der Waals surface area contributed by atoms with Crippen LogP contribution in [0, 0.1) is 5.41 Å². The van der Waals surface area contributed by atoms with Gasteiger partial charge in [-0.1, -0.05) is 13.8 Å². The number of halogens is 3. The van der Waals surface area contributed by atoms with Crippen LogP contribution in [0.25, 0.3) is 0 Å². The van der Waals surface area contributed by atoms with Crippen molar-refractivity contribution in [2.75, 3.05) is 24.4 Å². The lowest BCUT2D eigenvalue weighted by molar-refractivity contribution is -0.137. The molecule has 158 valence electrons. The first kappa shape index (κ1) is 21.0. The van der Waals surface area contributed by atoms with Crippen molar-refractivity contribution in [2.24, 2.45) is 5.41 Å². The summed E-state index contributed by atoms with van der Waals surface area (Å²) >= 11 is 0. The summed E-state index contributed by atoms with van der Waals surface area (Å²) in [6, 6.07) is -0.288. The molecule has 2 heterocycles. The third-order valence-corrected chi connectivity index (χ3v) is 5.42. The molecule has 0 amide bonds. The minimum absolute atomic E-state index is 0.0310. The van der Waals surface area contributed by atoms with E-state index in [4.69, 9.17) is 4.74 Å². The number of aliphatic hydroxyl groups excluding tert-OH is 1. The van der Waals surface area contributed by atoms with Crippen molar-refractivity contribution in [2.45, 2.75) is 45.1 Å². The van der Waals surface area contributed by atoms with Crippen LogP contribution in [0.1, 0.15) is 31.4 Å². The highest BCUT2D eigenvalue weighted by molar-refractivity contribution is 5.52. The molecule has 2 atom stereocenters. The van der Waals surface area contributed by atoms with Gasteiger partial charge in [0, 0.05) is 37.4 Å². The summed E-state index contributed by atoms with van der Waals surface area (Å²) in [7, 11) is 3.01. The number of aromatic nitrogens is 4. The van der Waals surface area contributed by atoms with E-state index in [1.54, 1.807) is 7.05 Å². The zero-order valence-corrected chi connectivity index (χ0v) is 16.5. The number of anilines is 2. The van der Waals surface area contributed by atoms with E-state index in [0.29, 0.717) is 17.9 Å². The van der Waals surface area contributed by atoms with Crippen LogP contribution in [0.2, 0.25) is 0 Å². The largest absolute Gasteiger partial charge is 0.481 e. The second kappa shape index (κ2) is 7.62. The maximum atomic E-state index is 13.5. The highest BCUT2D eigenvalue weighted by Gasteiger charge is 2.51. The number of alkyl halides is 3. The monoisotopic (exact) mass is 412 g/mol. The van der Waals surface area contributed by atoms with E-state index in [1.807, 2.05) is 13.8 Å². The second-order valence-electron chi connectivity index (χ2n) is 7.54. The third-order valence-electron chi connectivity index (χ3n) is 5.42. The van der Waals surface area contributed by atoms with Gasteiger partial charge in [-0.05, 0) is 6.42 Å². The number of methoxy groups -OCH3 is 1. The number of aliphatic hydroxyl groups is 1. The highest BCUT2D eigenvalue weighted by atomic mass is 19.4. The Bertz CT molecular complexity index is 877. The number of rotatable bonds is 6. The van der Waals surface area contributed by atoms with Crippen molar-refractivity contribution >= 4 is 11.8 Å². The average molecular weight is 412 g/mol. The molecule has 1 fully saturated rings. The lowest BCUT2D eigenvalue weighted by atomic mass is 9.64. The number of nitrogens with one attached hydrogen (secondary N) is 1. The number of nitrogens with zero attached hydrogens (tertiary/aromatic N) is 5. The minimum Gasteiger partial charge on any atom is -0.481 e. The first-order valence-corrected chi connectivity index (χ1v) is 8.97. The van der Waals surface area contributed by atoms with Gasteiger partial charge in [-0.2, -0.15) is 18.2 Å². The topological polar surface area (TPSA) is 96.3 Å². The smallest absolute Gasteiger partial charge is 0.421 e. The minimum atomic E-state index is -4.61. The molecule has 3 rings (SSSR count). The molecule has 11 heteroatoms. The Morgan fingerprint density at radius 2 is 2.03 bits per heavy atom. The Morgan fingerprint density at radius 1 is 1.31 bits per heavy atom. The van der Waals surface area contributed by atoms with Crippen molar-refractivity contribution in [3.8, 4) is 5.88 Å². The Labute approximate surface area is 166 Å². The summed E-state index contributed by atoms with van der Waals surface area (Å²) in [5.74, 6) is 0.140. The first-order valence-electron chi connectivity index (χ1n) is 8.97. The fraction of sp³-hybridized carbons (Fsp3) is 0.556. The van der Waals surface area contributed by atoms with Crippen molar-refractivity contribution in [1.82, 2.24) is 19.9 Å². The molecule has 0 saturated heterocycles. The summed E-state index contributed by atoms with van der Waals surface area (Å²) in [6.45, 7) is 3.81. The van der Waals surface area contributed by atoms with Crippen LogP contribution in [-0.2, 0) is 12.7 Å². The molecule has 0 aromatic carbocycles. The van der Waals surface area contributed by atoms with Crippen LogP contribution in [-0.4, -0.2) is 51.3 Å². The molecule has 0 aliphatic heterocycles. The van der Waals surface area contributed by atoms with E-state index in [2.05, 4.69) is 25.3 Å². The van der Waals surface area contributed by atoms with E-state index in [-0.39, 0.29) is 24.4 Å². The lowest BCUT2D eigenvalue weighted by Gasteiger charge is -2.53. The van der Waals surface area contributed by atoms with Crippen LogP contribution in [0.5, 0.6) is 5.88 Å². The Hall–Kier alpha value is -2.69. The fourth-order valence-electron chi connectivity index (χ4n) is 3.44. The molecule has 2 aromatic heterocycles. The Balaban J connectivity index is 1.88. The van der Waals surface area contributed by atoms with Gasteiger partial charge in [-0.25, -0.2) is 15.0 Å². The Kier molecular flexibility index (Phi) is 5.52. The molecule has 2 N–H and O–H groups in total. The van der Waals surface area contributed by atoms with E-state index < -0.39 is 23.3 Å². The van der Waals surface area contributed by atoms with E-state index >= 15 is 0 Å². The molecule has 0 spiro atoms. The molecular weight excluding hydrogens is 389 g/mol. The molecule has 2 aromatic rings. The van der Waals surface area contributed by atoms with Gasteiger partial charge in [0.15, 0.2) is 0 Å². The van der Waals surface area contributed by atoms with E-state index in [9.17, 15) is 18.3 Å². The molecule has 1 saturated carbocycles. The van der Waals surface area contributed by atoms with Crippen LogP contribution in [0.4, 0.5) is 24.9 Å². The molecule has 0 bridgehead atoms. The lowest BCUT2D eigenvalue weighted by Crippen LogP contribution is -2.60. The van der Waals surface area contributed by atoms with Gasteiger partial charge >= 0.3 is 6.18 Å². The predicted octanol–water partition coefficient (Wildman–Crippen LogP) is 2.50. The summed E-state index contributed by atoms with van der Waals surface area (Å²) in [4.78, 5) is 17.3. The zero-order chi connectivity index (χ0) is 21.4. The normalized spacial score (nSPS) is 20.7. The fourth-order valence-corrected chi connectivity index (χ4v) is 3.44. The maximum absolute atomic E-state index is 13.5. The maximum Gasteiger partial charge on any atom is 0.421 e. The summed E-state index contributed by atoms with van der Waals surface area (Å²) in [5, 5.41) is 12.9. The standard InChI is InChI=1S/C18H23F3N6O2/c1-17(2)12(5-13(17)28)27(3)14-11(18(19,20)21)8-24-16(26-14)23-7-10-6-22-9-25-15(10)29-4/h6,8-9,12-13,28H,5,7H2,1-4H3,(H,23,24,26)/t12-,13+/m1/s1. The van der Waals surface area contributed by atoms with E-state index in [0.717, 1.165) is 6.20 Å². The number of hydrogen-bond donors (Lipinski definition) is 2. The van der Waals surface area contributed by atoms with Gasteiger partial charge in [-0.15, -0.1) is 0 Å². The van der Waals surface area contributed by atoms with Gasteiger partial charge in [0.2, 0.25) is 11.8 Å². The van der Waals surface area contributed by atoms with Gasteiger partial charge < -0.3 is 20.1 Å². The van der Waals surface area contributed by atoms with Crippen LogP contribution >= 0.6 is 0 Å². The van der Waals surface area contributed by atoms with Crippen molar-refractivity contribution in [1.29, 1.82) is 0 Å². The number of ether oxygens (including phenoxy) is 1. The second-order valence-corrected chi connectivity index (χ2v) is 7.54. The van der Waals surface area contributed by atoms with Gasteiger partial charge in [0.25, 0.3) is 0 Å². The molecule has 0 unspecified atom stereocenters. The highest BCUT2D eigenvalue weighted by Crippen LogP contribution is 2.46. The zero-order valence-electron chi connectivity index (χ0n) is 16.5. The molecule has 29 heavy (non-hydrogen) atoms. The molecule has 1 aliphatic carbocycles. The van der Waals surface area contributed by atoms with Crippen LogP contribution in [0.15, 0.2) is 18.7 Å². The third kappa shape index (κ3) is 4.04. The summed E-state index contributed by atoms with van der Waals surface area (Å²) in [6.07, 6.45) is -1.18. The Morgan fingerprint density at radius 3 is 2.62 bits per heavy atom. The number of hydrogen-bond acceptors (Lipinski definition) is 8. The van der Waals surface area contributed by atoms with Crippen molar-refractivity contribution < 1.29 is 23.0 Å². The quantitative estimate of drug-likeness (QED) is 0.747. The van der Waals surface area contributed by atoms with Gasteiger partial charge in [0.05, 0.1) is 18.8 Å². The van der Waals surface area contributed by atoms with Crippen molar-refractivity contribution in [3.63, 3.8) is 0 Å². The van der Waals surface area contributed by atoms with Crippen LogP contribution < -0.4 is 15.0 Å². The van der Waals surface area contributed by atoms with Crippen LogP contribution in [0.3, 0.4) is 0 Å². The molecule has 0 radical (unpaired) electrons. The van der Waals surface area contributed by atoms with Crippen molar-refractivity contribution in [3.05, 3.63) is 29.8 Å². The predicted molar refractivity (Wildman–Crippen MR) is 99.5 cm³/mol. The molecule has 8 nitrogen and oxygen atoms in total. The molecular formula is C18H23F3N6O2.